The number of pyridine rings is 1. The zero-order valence-corrected chi connectivity index (χ0v) is 16.8. The Hall–Kier alpha value is -2.92. The normalized spacial score (nSPS) is 11.3. The second-order valence-electron chi connectivity index (χ2n) is 6.87. The van der Waals surface area contributed by atoms with Crippen LogP contribution in [0.25, 0.3) is 10.9 Å². The lowest BCUT2D eigenvalue weighted by Gasteiger charge is -2.08. The molecule has 0 aliphatic heterocycles. The Bertz CT molecular complexity index is 1010. The molecule has 0 saturated carbocycles. The Morgan fingerprint density at radius 1 is 1.21 bits per heavy atom. The van der Waals surface area contributed by atoms with E-state index in [4.69, 9.17) is 16.3 Å². The zero-order valence-electron chi connectivity index (χ0n) is 16.1. The number of benzene rings is 2. The van der Waals surface area contributed by atoms with E-state index in [1.54, 1.807) is 0 Å². The highest BCUT2D eigenvalue weighted by atomic mass is 35.5. The molecule has 1 amide bonds. The third-order valence-electron chi connectivity index (χ3n) is 4.26. The van der Waals surface area contributed by atoms with Crippen molar-refractivity contribution in [2.75, 3.05) is 6.61 Å². The molecule has 28 heavy (non-hydrogen) atoms. The highest BCUT2D eigenvalue weighted by Gasteiger charge is 2.05. The smallest absolute Gasteiger partial charge is 0.277 e. The lowest BCUT2D eigenvalue weighted by molar-refractivity contribution is -0.123. The van der Waals surface area contributed by atoms with Crippen molar-refractivity contribution in [3.63, 3.8) is 0 Å². The molecule has 2 aromatic carbocycles. The van der Waals surface area contributed by atoms with Crippen LogP contribution in [0.15, 0.2) is 53.6 Å². The predicted molar refractivity (Wildman–Crippen MR) is 113 cm³/mol. The number of hydrogen-bond donors (Lipinski definition) is 1. The van der Waals surface area contributed by atoms with E-state index in [2.05, 4.69) is 29.4 Å². The molecule has 144 valence electrons. The standard InChI is InChI=1S/C22H22ClN3O2/c1-14(2)16-6-8-19(9-7-16)28-13-21(27)26-24-12-18-11-17-5-4-15(3)10-20(17)25-22(18)23/h4-12,14H,13H2,1-3H3,(H,26,27). The van der Waals surface area contributed by atoms with Crippen LogP contribution in [0.4, 0.5) is 0 Å². The van der Waals surface area contributed by atoms with Crippen LogP contribution in [-0.4, -0.2) is 23.7 Å². The Morgan fingerprint density at radius 3 is 2.68 bits per heavy atom. The van der Waals surface area contributed by atoms with E-state index in [0.29, 0.717) is 22.4 Å². The SMILES string of the molecule is Cc1ccc2cc(C=NNC(=O)COc3ccc(C(C)C)cc3)c(Cl)nc2c1. The first-order valence-corrected chi connectivity index (χ1v) is 9.42. The molecule has 5 nitrogen and oxygen atoms in total. The van der Waals surface area contributed by atoms with E-state index in [9.17, 15) is 4.79 Å². The van der Waals surface area contributed by atoms with Crippen LogP contribution in [0, 0.1) is 6.92 Å². The first-order chi connectivity index (χ1) is 13.4. The van der Waals surface area contributed by atoms with Crippen LogP contribution >= 0.6 is 11.6 Å². The van der Waals surface area contributed by atoms with Crippen molar-refractivity contribution in [1.82, 2.24) is 10.4 Å². The number of fused-ring (bicyclic) bond motifs is 1. The van der Waals surface area contributed by atoms with Gasteiger partial charge in [-0.3, -0.25) is 4.79 Å². The Kier molecular flexibility index (Phi) is 6.26. The van der Waals surface area contributed by atoms with Gasteiger partial charge in [0.05, 0.1) is 11.7 Å². The minimum atomic E-state index is -0.357. The number of carbonyl (C=O) groups excluding carboxylic acids is 1. The zero-order chi connectivity index (χ0) is 20.1. The van der Waals surface area contributed by atoms with Crippen molar-refractivity contribution in [2.45, 2.75) is 26.7 Å². The number of nitrogens with one attached hydrogen (secondary N) is 1. The summed E-state index contributed by atoms with van der Waals surface area (Å²) in [6.07, 6.45) is 1.48. The molecule has 3 rings (SSSR count). The molecule has 0 bridgehead atoms. The van der Waals surface area contributed by atoms with Crippen molar-refractivity contribution >= 4 is 34.6 Å². The van der Waals surface area contributed by atoms with Crippen molar-refractivity contribution in [3.8, 4) is 5.75 Å². The van der Waals surface area contributed by atoms with Gasteiger partial charge in [0, 0.05) is 10.9 Å². The number of nitrogens with zero attached hydrogens (tertiary/aromatic N) is 2. The number of amides is 1. The Balaban J connectivity index is 1.56. The van der Waals surface area contributed by atoms with E-state index in [0.717, 1.165) is 16.5 Å². The molecule has 0 radical (unpaired) electrons. The summed E-state index contributed by atoms with van der Waals surface area (Å²) in [6, 6.07) is 15.5. The maximum absolute atomic E-state index is 11.9. The van der Waals surface area contributed by atoms with Gasteiger partial charge in [-0.15, -0.1) is 0 Å². The highest BCUT2D eigenvalue weighted by Crippen LogP contribution is 2.20. The fourth-order valence-electron chi connectivity index (χ4n) is 2.66. The molecule has 0 aliphatic rings. The summed E-state index contributed by atoms with van der Waals surface area (Å²) < 4.78 is 5.47. The van der Waals surface area contributed by atoms with Crippen molar-refractivity contribution in [2.24, 2.45) is 5.10 Å². The van der Waals surface area contributed by atoms with E-state index in [1.165, 1.54) is 11.8 Å². The maximum Gasteiger partial charge on any atom is 0.277 e. The van der Waals surface area contributed by atoms with Crippen molar-refractivity contribution in [3.05, 3.63) is 70.4 Å². The summed E-state index contributed by atoms with van der Waals surface area (Å²) in [6.45, 7) is 6.13. The van der Waals surface area contributed by atoms with Crippen LogP contribution in [0.1, 0.15) is 36.5 Å². The number of ether oxygens (including phenoxy) is 1. The number of rotatable bonds is 6. The second-order valence-corrected chi connectivity index (χ2v) is 7.23. The van der Waals surface area contributed by atoms with E-state index < -0.39 is 0 Å². The largest absolute Gasteiger partial charge is 0.484 e. The monoisotopic (exact) mass is 395 g/mol. The topological polar surface area (TPSA) is 63.6 Å². The number of carbonyl (C=O) groups is 1. The molecular weight excluding hydrogens is 374 g/mol. The molecule has 1 aromatic heterocycles. The predicted octanol–water partition coefficient (Wildman–Crippen LogP) is 4.85. The number of hydrogen-bond acceptors (Lipinski definition) is 4. The third-order valence-corrected chi connectivity index (χ3v) is 4.57. The van der Waals surface area contributed by atoms with Gasteiger partial charge >= 0.3 is 0 Å². The Morgan fingerprint density at radius 2 is 1.96 bits per heavy atom. The second kappa shape index (κ2) is 8.85. The minimum Gasteiger partial charge on any atom is -0.484 e. The highest BCUT2D eigenvalue weighted by molar-refractivity contribution is 6.32. The summed E-state index contributed by atoms with van der Waals surface area (Å²) in [4.78, 5) is 16.3. The molecule has 0 unspecified atom stereocenters. The molecule has 0 atom stereocenters. The number of hydrazone groups is 1. The van der Waals surface area contributed by atoms with Crippen LogP contribution in [0.2, 0.25) is 5.15 Å². The molecule has 1 N–H and O–H groups in total. The molecule has 0 aliphatic carbocycles. The number of aromatic nitrogens is 1. The van der Waals surface area contributed by atoms with Gasteiger partial charge in [-0.25, -0.2) is 10.4 Å². The average molecular weight is 396 g/mol. The molecule has 0 saturated heterocycles. The van der Waals surface area contributed by atoms with Gasteiger partial charge in [-0.05, 0) is 48.2 Å². The van der Waals surface area contributed by atoms with Crippen molar-refractivity contribution < 1.29 is 9.53 Å². The van der Waals surface area contributed by atoms with Gasteiger partial charge in [0.1, 0.15) is 10.9 Å². The molecular formula is C22H22ClN3O2. The van der Waals surface area contributed by atoms with Gasteiger partial charge in [-0.2, -0.15) is 5.10 Å². The first-order valence-electron chi connectivity index (χ1n) is 9.04. The van der Waals surface area contributed by atoms with E-state index >= 15 is 0 Å². The quantitative estimate of drug-likeness (QED) is 0.368. The van der Waals surface area contributed by atoms with Crippen LogP contribution < -0.4 is 10.2 Å². The molecule has 0 spiro atoms. The van der Waals surface area contributed by atoms with Crippen LogP contribution in [-0.2, 0) is 4.79 Å². The van der Waals surface area contributed by atoms with Gasteiger partial charge < -0.3 is 4.74 Å². The summed E-state index contributed by atoms with van der Waals surface area (Å²) in [7, 11) is 0. The van der Waals surface area contributed by atoms with E-state index in [1.807, 2.05) is 55.5 Å². The summed E-state index contributed by atoms with van der Waals surface area (Å²) >= 11 is 6.21. The van der Waals surface area contributed by atoms with Gasteiger partial charge in [0.15, 0.2) is 6.61 Å². The number of halogens is 1. The average Bonchev–Trinajstić information content (AvgIpc) is 2.67. The summed E-state index contributed by atoms with van der Waals surface area (Å²) in [5.41, 5.74) is 6.22. The number of aryl methyl sites for hydroxylation is 1. The van der Waals surface area contributed by atoms with Gasteiger partial charge in [0.2, 0.25) is 0 Å². The van der Waals surface area contributed by atoms with Crippen LogP contribution in [0.5, 0.6) is 5.75 Å². The lowest BCUT2D eigenvalue weighted by atomic mass is 10.0. The molecule has 6 heteroatoms. The molecule has 3 aromatic rings. The third kappa shape index (κ3) is 5.08. The van der Waals surface area contributed by atoms with E-state index in [-0.39, 0.29) is 12.5 Å². The Labute approximate surface area is 169 Å². The fourth-order valence-corrected chi connectivity index (χ4v) is 2.86. The van der Waals surface area contributed by atoms with Gasteiger partial charge in [0.25, 0.3) is 5.91 Å². The van der Waals surface area contributed by atoms with Gasteiger partial charge in [-0.1, -0.05) is 49.7 Å². The first kappa shape index (κ1) is 19.8. The van der Waals surface area contributed by atoms with Crippen LogP contribution in [0.3, 0.4) is 0 Å². The fraction of sp³-hybridized carbons (Fsp3) is 0.227. The van der Waals surface area contributed by atoms with Crippen molar-refractivity contribution in [1.29, 1.82) is 0 Å². The summed E-state index contributed by atoms with van der Waals surface area (Å²) in [5, 5.41) is 5.23. The minimum absolute atomic E-state index is 0.124. The molecule has 0 fully saturated rings. The maximum atomic E-state index is 11.9. The summed E-state index contributed by atoms with van der Waals surface area (Å²) in [5.74, 6) is 0.734. The lowest BCUT2D eigenvalue weighted by Crippen LogP contribution is -2.24. The molecule has 1 heterocycles.